The van der Waals surface area contributed by atoms with Crippen molar-refractivity contribution < 1.29 is 37.2 Å². The third-order valence-corrected chi connectivity index (χ3v) is 5.36. The van der Waals surface area contributed by atoms with Crippen molar-refractivity contribution in [3.8, 4) is 11.5 Å². The molecule has 35 heavy (non-hydrogen) atoms. The number of nitro groups is 1. The van der Waals surface area contributed by atoms with Crippen molar-refractivity contribution in [2.24, 2.45) is 0 Å². The number of amides is 1. The van der Waals surface area contributed by atoms with Gasteiger partial charge in [-0.3, -0.25) is 19.7 Å². The summed E-state index contributed by atoms with van der Waals surface area (Å²) in [7, 11) is 0. The van der Waals surface area contributed by atoms with Gasteiger partial charge in [0.2, 0.25) is 0 Å². The molecule has 1 heterocycles. The number of nitrogens with one attached hydrogen (secondary N) is 1. The SMILES string of the molecule is CC(OC(=O)C1c2ccccc2Oc2ccccc21)C(=O)Nc1ccc([N+](=O)[O-])cc1C(F)(F)F. The van der Waals surface area contributed by atoms with Crippen molar-refractivity contribution in [1.29, 1.82) is 0 Å². The molecule has 3 aromatic carbocycles. The predicted molar refractivity (Wildman–Crippen MR) is 117 cm³/mol. The van der Waals surface area contributed by atoms with Gasteiger partial charge >= 0.3 is 12.1 Å². The lowest BCUT2D eigenvalue weighted by Crippen LogP contribution is -2.33. The second kappa shape index (κ2) is 9.09. The Bertz CT molecular complexity index is 1280. The molecule has 1 amide bonds. The molecule has 1 unspecified atom stereocenters. The van der Waals surface area contributed by atoms with Crippen LogP contribution < -0.4 is 10.1 Å². The molecule has 0 saturated carbocycles. The highest BCUT2D eigenvalue weighted by atomic mass is 19.4. The number of carbonyl (C=O) groups excluding carboxylic acids is 2. The van der Waals surface area contributed by atoms with Crippen LogP contribution in [-0.2, 0) is 20.5 Å². The Morgan fingerprint density at radius 2 is 1.60 bits per heavy atom. The summed E-state index contributed by atoms with van der Waals surface area (Å²) in [5.74, 6) is -1.88. The average Bonchev–Trinajstić information content (AvgIpc) is 2.81. The summed E-state index contributed by atoms with van der Waals surface area (Å²) in [4.78, 5) is 35.6. The molecule has 0 spiro atoms. The maximum atomic E-state index is 13.4. The van der Waals surface area contributed by atoms with E-state index in [0.29, 0.717) is 28.7 Å². The van der Waals surface area contributed by atoms with E-state index in [4.69, 9.17) is 9.47 Å². The fraction of sp³-hybridized carbons (Fsp3) is 0.167. The zero-order valence-corrected chi connectivity index (χ0v) is 18.0. The Morgan fingerprint density at radius 1 is 1.03 bits per heavy atom. The summed E-state index contributed by atoms with van der Waals surface area (Å²) >= 11 is 0. The largest absolute Gasteiger partial charge is 0.457 e. The van der Waals surface area contributed by atoms with Gasteiger partial charge in [0, 0.05) is 23.3 Å². The van der Waals surface area contributed by atoms with E-state index in [1.165, 1.54) is 6.92 Å². The number of esters is 1. The van der Waals surface area contributed by atoms with Gasteiger partial charge in [-0.05, 0) is 25.1 Å². The first-order valence-electron chi connectivity index (χ1n) is 10.3. The summed E-state index contributed by atoms with van der Waals surface area (Å²) in [6.07, 6.45) is -6.44. The summed E-state index contributed by atoms with van der Waals surface area (Å²) in [6, 6.07) is 15.5. The molecule has 180 valence electrons. The first-order chi connectivity index (χ1) is 16.6. The van der Waals surface area contributed by atoms with Gasteiger partial charge in [0.1, 0.15) is 17.4 Å². The maximum absolute atomic E-state index is 13.4. The molecule has 0 radical (unpaired) electrons. The lowest BCUT2D eigenvalue weighted by Gasteiger charge is -2.27. The van der Waals surface area contributed by atoms with E-state index in [0.717, 1.165) is 12.1 Å². The van der Waals surface area contributed by atoms with E-state index in [1.807, 2.05) is 5.32 Å². The Kier molecular flexibility index (Phi) is 6.16. The van der Waals surface area contributed by atoms with Crippen molar-refractivity contribution in [3.63, 3.8) is 0 Å². The van der Waals surface area contributed by atoms with E-state index >= 15 is 0 Å². The number of anilines is 1. The first kappa shape index (κ1) is 23.7. The van der Waals surface area contributed by atoms with Crippen LogP contribution in [0.4, 0.5) is 24.5 Å². The second-order valence-electron chi connectivity index (χ2n) is 7.66. The number of fused-ring (bicyclic) bond motifs is 2. The minimum absolute atomic E-state index is 0.322. The minimum Gasteiger partial charge on any atom is -0.457 e. The highest BCUT2D eigenvalue weighted by molar-refractivity contribution is 5.97. The van der Waals surface area contributed by atoms with E-state index < -0.39 is 51.9 Å². The maximum Gasteiger partial charge on any atom is 0.418 e. The third kappa shape index (κ3) is 4.79. The number of nitro benzene ring substituents is 1. The standard InChI is InChI=1S/C24H17F3N2O6/c1-13(22(30)28-18-11-10-14(29(32)33)12-17(18)24(25,26)27)34-23(31)21-15-6-2-4-8-19(15)35-20-9-5-3-7-16(20)21/h2-13,21H,1H3,(H,28,30). The minimum atomic E-state index is -4.97. The Hall–Kier alpha value is -4.41. The van der Waals surface area contributed by atoms with Crippen LogP contribution in [0.15, 0.2) is 66.7 Å². The van der Waals surface area contributed by atoms with E-state index in [2.05, 4.69) is 0 Å². The Labute approximate surface area is 196 Å². The van der Waals surface area contributed by atoms with Crippen LogP contribution >= 0.6 is 0 Å². The number of non-ortho nitro benzene ring substituents is 1. The van der Waals surface area contributed by atoms with Crippen molar-refractivity contribution in [1.82, 2.24) is 0 Å². The molecule has 3 aromatic rings. The van der Waals surface area contributed by atoms with Gasteiger partial charge in [-0.1, -0.05) is 36.4 Å². The van der Waals surface area contributed by atoms with Gasteiger partial charge in [-0.2, -0.15) is 13.2 Å². The molecule has 0 fully saturated rings. The molecule has 0 aromatic heterocycles. The molecule has 1 aliphatic rings. The molecule has 0 saturated heterocycles. The fourth-order valence-corrected chi connectivity index (χ4v) is 3.68. The molecule has 1 atom stereocenters. The Morgan fingerprint density at radius 3 is 2.14 bits per heavy atom. The van der Waals surface area contributed by atoms with Crippen molar-refractivity contribution in [2.75, 3.05) is 5.32 Å². The van der Waals surface area contributed by atoms with Crippen molar-refractivity contribution in [2.45, 2.75) is 25.1 Å². The monoisotopic (exact) mass is 486 g/mol. The van der Waals surface area contributed by atoms with E-state index in [9.17, 15) is 32.9 Å². The molecule has 8 nitrogen and oxygen atoms in total. The van der Waals surface area contributed by atoms with Crippen LogP contribution in [0, 0.1) is 10.1 Å². The van der Waals surface area contributed by atoms with Crippen LogP contribution in [-0.4, -0.2) is 22.9 Å². The fourth-order valence-electron chi connectivity index (χ4n) is 3.68. The number of benzene rings is 3. The van der Waals surface area contributed by atoms with Crippen LogP contribution in [0.25, 0.3) is 0 Å². The van der Waals surface area contributed by atoms with Crippen LogP contribution in [0.3, 0.4) is 0 Å². The number of rotatable bonds is 5. The first-order valence-corrected chi connectivity index (χ1v) is 10.3. The number of hydrogen-bond acceptors (Lipinski definition) is 6. The van der Waals surface area contributed by atoms with Crippen molar-refractivity contribution >= 4 is 23.3 Å². The van der Waals surface area contributed by atoms with Gasteiger partial charge in [-0.15, -0.1) is 0 Å². The third-order valence-electron chi connectivity index (χ3n) is 5.36. The van der Waals surface area contributed by atoms with Gasteiger partial charge in [0.25, 0.3) is 11.6 Å². The predicted octanol–water partition coefficient (Wildman–Crippen LogP) is 5.42. The summed E-state index contributed by atoms with van der Waals surface area (Å²) in [5, 5.41) is 12.9. The molecule has 0 bridgehead atoms. The number of ether oxygens (including phenoxy) is 2. The Balaban J connectivity index is 1.56. The molecule has 0 aliphatic carbocycles. The highest BCUT2D eigenvalue weighted by Crippen LogP contribution is 2.44. The topological polar surface area (TPSA) is 108 Å². The van der Waals surface area contributed by atoms with Crippen LogP contribution in [0.2, 0.25) is 0 Å². The lowest BCUT2D eigenvalue weighted by atomic mass is 9.88. The molecule has 11 heteroatoms. The molecular formula is C24H17F3N2O6. The number of nitrogens with zero attached hydrogens (tertiary/aromatic N) is 1. The quantitative estimate of drug-likeness (QED) is 0.293. The van der Waals surface area contributed by atoms with Crippen LogP contribution in [0.1, 0.15) is 29.5 Å². The number of carbonyl (C=O) groups is 2. The number of alkyl halides is 3. The van der Waals surface area contributed by atoms with Crippen LogP contribution in [0.5, 0.6) is 11.5 Å². The average molecular weight is 486 g/mol. The summed E-state index contributed by atoms with van der Waals surface area (Å²) in [5.41, 5.74) is -1.85. The van der Waals surface area contributed by atoms with Crippen molar-refractivity contribution in [3.05, 3.63) is 93.5 Å². The van der Waals surface area contributed by atoms with E-state index in [1.54, 1.807) is 48.5 Å². The molecule has 1 aliphatic heterocycles. The number of para-hydroxylation sites is 2. The van der Waals surface area contributed by atoms with Gasteiger partial charge in [0.15, 0.2) is 6.10 Å². The lowest BCUT2D eigenvalue weighted by molar-refractivity contribution is -0.385. The molecule has 4 rings (SSSR count). The summed E-state index contributed by atoms with van der Waals surface area (Å²) < 4.78 is 51.4. The van der Waals surface area contributed by atoms with E-state index in [-0.39, 0.29) is 0 Å². The highest BCUT2D eigenvalue weighted by Gasteiger charge is 2.37. The van der Waals surface area contributed by atoms with Gasteiger partial charge in [0.05, 0.1) is 16.2 Å². The normalized spacial score (nSPS) is 13.6. The molecule has 1 N–H and O–H groups in total. The number of hydrogen-bond donors (Lipinski definition) is 1. The number of halogens is 3. The molecular weight excluding hydrogens is 469 g/mol. The zero-order chi connectivity index (χ0) is 25.3. The summed E-state index contributed by atoms with van der Waals surface area (Å²) in [6.45, 7) is 1.21. The smallest absolute Gasteiger partial charge is 0.418 e. The van der Waals surface area contributed by atoms with Gasteiger partial charge < -0.3 is 14.8 Å². The zero-order valence-electron chi connectivity index (χ0n) is 18.0. The van der Waals surface area contributed by atoms with Gasteiger partial charge in [-0.25, -0.2) is 0 Å². The second-order valence-corrected chi connectivity index (χ2v) is 7.66.